The lowest BCUT2D eigenvalue weighted by atomic mass is 9.98. The first-order chi connectivity index (χ1) is 8.65. The van der Waals surface area contributed by atoms with E-state index < -0.39 is 0 Å². The van der Waals surface area contributed by atoms with Gasteiger partial charge in [0.25, 0.3) is 0 Å². The van der Waals surface area contributed by atoms with Gasteiger partial charge in [-0.15, -0.1) is 0 Å². The van der Waals surface area contributed by atoms with Gasteiger partial charge in [-0.05, 0) is 43.0 Å². The predicted octanol–water partition coefficient (Wildman–Crippen LogP) is 3.86. The van der Waals surface area contributed by atoms with Gasteiger partial charge in [0.2, 0.25) is 0 Å². The van der Waals surface area contributed by atoms with Crippen molar-refractivity contribution in [1.29, 1.82) is 0 Å². The van der Waals surface area contributed by atoms with Gasteiger partial charge in [-0.1, -0.05) is 19.9 Å². The molecule has 0 amide bonds. The molecule has 1 heterocycles. The minimum Gasteiger partial charge on any atom is -0.461 e. The molecule has 0 aliphatic carbocycles. The summed E-state index contributed by atoms with van der Waals surface area (Å²) >= 11 is 0. The molecule has 0 bridgehead atoms. The molecule has 96 valence electrons. The molecule has 0 saturated carbocycles. The van der Waals surface area contributed by atoms with Gasteiger partial charge in [0.15, 0.2) is 0 Å². The van der Waals surface area contributed by atoms with Gasteiger partial charge in [0.1, 0.15) is 5.69 Å². The fraction of sp³-hybridized carbons (Fsp3) is 0.400. The first-order valence-corrected chi connectivity index (χ1v) is 6.45. The second kappa shape index (κ2) is 5.25. The van der Waals surface area contributed by atoms with Crippen LogP contribution in [0.15, 0.2) is 24.3 Å². The van der Waals surface area contributed by atoms with Gasteiger partial charge < -0.3 is 9.72 Å². The highest BCUT2D eigenvalue weighted by Gasteiger charge is 2.11. The van der Waals surface area contributed by atoms with Crippen LogP contribution in [0, 0.1) is 0 Å². The molecular formula is C15H19NO2. The maximum atomic E-state index is 11.6. The Kier molecular flexibility index (Phi) is 3.70. The van der Waals surface area contributed by atoms with Crippen molar-refractivity contribution >= 4 is 16.9 Å². The monoisotopic (exact) mass is 245 g/mol. The van der Waals surface area contributed by atoms with Crippen LogP contribution >= 0.6 is 0 Å². The van der Waals surface area contributed by atoms with Gasteiger partial charge in [0, 0.05) is 10.9 Å². The Morgan fingerprint density at radius 2 is 2.11 bits per heavy atom. The normalized spacial score (nSPS) is 12.6. The average molecular weight is 245 g/mol. The van der Waals surface area contributed by atoms with Gasteiger partial charge in [0.05, 0.1) is 6.61 Å². The zero-order chi connectivity index (χ0) is 13.1. The fourth-order valence-electron chi connectivity index (χ4n) is 2.01. The van der Waals surface area contributed by atoms with E-state index in [0.717, 1.165) is 17.3 Å². The molecule has 2 rings (SSSR count). The molecule has 1 aromatic carbocycles. The second-order valence-electron chi connectivity index (χ2n) is 4.56. The molecule has 1 atom stereocenters. The lowest BCUT2D eigenvalue weighted by Gasteiger charge is -2.08. The second-order valence-corrected chi connectivity index (χ2v) is 4.56. The van der Waals surface area contributed by atoms with Crippen molar-refractivity contribution in [3.63, 3.8) is 0 Å². The van der Waals surface area contributed by atoms with Gasteiger partial charge in [-0.2, -0.15) is 0 Å². The number of aromatic nitrogens is 1. The molecule has 2 aromatic rings. The van der Waals surface area contributed by atoms with E-state index in [0.29, 0.717) is 18.2 Å². The van der Waals surface area contributed by atoms with Crippen LogP contribution in [0.3, 0.4) is 0 Å². The maximum Gasteiger partial charge on any atom is 0.354 e. The highest BCUT2D eigenvalue weighted by atomic mass is 16.5. The summed E-state index contributed by atoms with van der Waals surface area (Å²) in [4.78, 5) is 14.7. The largest absolute Gasteiger partial charge is 0.461 e. The molecule has 0 saturated heterocycles. The average Bonchev–Trinajstić information content (AvgIpc) is 2.80. The van der Waals surface area contributed by atoms with Crippen molar-refractivity contribution in [2.45, 2.75) is 33.1 Å². The van der Waals surface area contributed by atoms with E-state index in [9.17, 15) is 4.79 Å². The Hall–Kier alpha value is -1.77. The number of H-pyrrole nitrogens is 1. The van der Waals surface area contributed by atoms with Crippen LogP contribution in [0.25, 0.3) is 10.9 Å². The molecule has 3 nitrogen and oxygen atoms in total. The van der Waals surface area contributed by atoms with Crippen molar-refractivity contribution < 1.29 is 9.53 Å². The third-order valence-corrected chi connectivity index (χ3v) is 3.32. The summed E-state index contributed by atoms with van der Waals surface area (Å²) in [5.41, 5.74) is 2.80. The highest BCUT2D eigenvalue weighted by molar-refractivity contribution is 5.95. The standard InChI is InChI=1S/C15H19NO2/c1-4-10(3)11-6-7-13-12(8-11)9-14(16-13)15(17)18-5-2/h6-10,16H,4-5H2,1-3H3. The number of ether oxygens (including phenoxy) is 1. The third-order valence-electron chi connectivity index (χ3n) is 3.32. The maximum absolute atomic E-state index is 11.6. The highest BCUT2D eigenvalue weighted by Crippen LogP contribution is 2.24. The molecule has 0 fully saturated rings. The molecule has 0 aliphatic rings. The van der Waals surface area contributed by atoms with Crippen LogP contribution in [0.2, 0.25) is 0 Å². The van der Waals surface area contributed by atoms with Crippen LogP contribution in [0.1, 0.15) is 49.2 Å². The van der Waals surface area contributed by atoms with Crippen LogP contribution in [0.4, 0.5) is 0 Å². The van der Waals surface area contributed by atoms with Crippen molar-refractivity contribution in [1.82, 2.24) is 4.98 Å². The molecule has 1 unspecified atom stereocenters. The summed E-state index contributed by atoms with van der Waals surface area (Å²) in [6.07, 6.45) is 1.11. The minimum absolute atomic E-state index is 0.293. The van der Waals surface area contributed by atoms with Gasteiger partial charge >= 0.3 is 5.97 Å². The molecule has 18 heavy (non-hydrogen) atoms. The molecule has 0 spiro atoms. The van der Waals surface area contributed by atoms with E-state index in [2.05, 4.69) is 31.0 Å². The minimum atomic E-state index is -0.293. The van der Waals surface area contributed by atoms with Crippen molar-refractivity contribution in [3.8, 4) is 0 Å². The number of rotatable bonds is 4. The summed E-state index contributed by atoms with van der Waals surface area (Å²) in [5, 5.41) is 1.07. The SMILES string of the molecule is CCOC(=O)c1cc2cc(C(C)CC)ccc2[nH]1. The molecule has 0 radical (unpaired) electrons. The summed E-state index contributed by atoms with van der Waals surface area (Å²) in [6.45, 7) is 6.59. The van der Waals surface area contributed by atoms with E-state index in [1.165, 1.54) is 5.56 Å². The number of nitrogens with one attached hydrogen (secondary N) is 1. The quantitative estimate of drug-likeness (QED) is 0.831. The Morgan fingerprint density at radius 1 is 1.33 bits per heavy atom. The van der Waals surface area contributed by atoms with Crippen molar-refractivity contribution in [2.24, 2.45) is 0 Å². The summed E-state index contributed by atoms with van der Waals surface area (Å²) in [6, 6.07) is 8.14. The molecule has 1 N–H and O–H groups in total. The predicted molar refractivity (Wildman–Crippen MR) is 73.0 cm³/mol. The zero-order valence-corrected chi connectivity index (χ0v) is 11.1. The van der Waals surface area contributed by atoms with E-state index >= 15 is 0 Å². The van der Waals surface area contributed by atoms with E-state index in [-0.39, 0.29) is 5.97 Å². The Balaban J connectivity index is 2.36. The summed E-state index contributed by atoms with van der Waals surface area (Å²) in [7, 11) is 0. The number of hydrogen-bond acceptors (Lipinski definition) is 2. The number of hydrogen-bond donors (Lipinski definition) is 1. The number of aromatic amines is 1. The lowest BCUT2D eigenvalue weighted by Crippen LogP contribution is -2.04. The van der Waals surface area contributed by atoms with Gasteiger partial charge in [-0.25, -0.2) is 4.79 Å². The number of carbonyl (C=O) groups is 1. The first kappa shape index (κ1) is 12.7. The Labute approximate surface area is 107 Å². The van der Waals surface area contributed by atoms with Crippen molar-refractivity contribution in [3.05, 3.63) is 35.5 Å². The number of fused-ring (bicyclic) bond motifs is 1. The third kappa shape index (κ3) is 2.40. The van der Waals surface area contributed by atoms with E-state index in [4.69, 9.17) is 4.74 Å². The van der Waals surface area contributed by atoms with E-state index in [1.807, 2.05) is 19.1 Å². The van der Waals surface area contributed by atoms with Gasteiger partial charge in [-0.3, -0.25) is 0 Å². The zero-order valence-electron chi connectivity index (χ0n) is 11.1. The summed E-state index contributed by atoms with van der Waals surface area (Å²) < 4.78 is 4.99. The summed E-state index contributed by atoms with van der Waals surface area (Å²) in [5.74, 6) is 0.245. The smallest absolute Gasteiger partial charge is 0.354 e. The molecule has 0 aliphatic heterocycles. The van der Waals surface area contributed by atoms with Crippen molar-refractivity contribution in [2.75, 3.05) is 6.61 Å². The Morgan fingerprint density at radius 3 is 2.78 bits per heavy atom. The lowest BCUT2D eigenvalue weighted by molar-refractivity contribution is 0.0520. The molecule has 3 heteroatoms. The first-order valence-electron chi connectivity index (χ1n) is 6.45. The van der Waals surface area contributed by atoms with Crippen LogP contribution in [0.5, 0.6) is 0 Å². The van der Waals surface area contributed by atoms with Crippen LogP contribution in [-0.2, 0) is 4.74 Å². The fourth-order valence-corrected chi connectivity index (χ4v) is 2.01. The van der Waals surface area contributed by atoms with Crippen LogP contribution in [-0.4, -0.2) is 17.6 Å². The van der Waals surface area contributed by atoms with E-state index in [1.54, 1.807) is 0 Å². The Bertz CT molecular complexity index is 557. The number of esters is 1. The molecular weight excluding hydrogens is 226 g/mol. The number of benzene rings is 1. The number of carbonyl (C=O) groups excluding carboxylic acids is 1. The van der Waals surface area contributed by atoms with Crippen LogP contribution < -0.4 is 0 Å². The topological polar surface area (TPSA) is 42.1 Å². The molecule has 1 aromatic heterocycles.